The first-order chi connectivity index (χ1) is 4.96. The highest BCUT2D eigenvalue weighted by Gasteiger charge is 2.31. The Balaban J connectivity index is 4.70. The lowest BCUT2D eigenvalue weighted by atomic mass is 9.83. The predicted octanol–water partition coefficient (Wildman–Crippen LogP) is 1.52. The normalized spacial score (nSPS) is 10.4. The maximum absolute atomic E-state index is 11.0. The smallest absolute Gasteiger partial charge is 0.168 e. The number of hydrogen-bond acceptors (Lipinski definition) is 2. The largest absolute Gasteiger partial charge is 0.294 e. The van der Waals surface area contributed by atoms with Crippen LogP contribution in [0, 0.1) is 5.41 Å². The van der Waals surface area contributed by atoms with Crippen molar-refractivity contribution in [3.05, 3.63) is 25.3 Å². The Kier molecular flexibility index (Phi) is 2.93. The van der Waals surface area contributed by atoms with Gasteiger partial charge in [0.15, 0.2) is 11.6 Å². The van der Waals surface area contributed by atoms with E-state index in [2.05, 4.69) is 13.2 Å². The minimum atomic E-state index is -0.997. The van der Waals surface area contributed by atoms with E-state index in [0.717, 1.165) is 12.2 Å². The predicted molar refractivity (Wildman–Crippen MR) is 44.2 cm³/mol. The van der Waals surface area contributed by atoms with E-state index in [0.29, 0.717) is 0 Å². The Labute approximate surface area is 66.6 Å². The van der Waals surface area contributed by atoms with Crippen molar-refractivity contribution < 1.29 is 9.59 Å². The van der Waals surface area contributed by atoms with Gasteiger partial charge in [0.25, 0.3) is 0 Å². The topological polar surface area (TPSA) is 34.1 Å². The van der Waals surface area contributed by atoms with Crippen LogP contribution in [-0.2, 0) is 9.59 Å². The second-order valence-electron chi connectivity index (χ2n) is 2.76. The molecule has 0 atom stereocenters. The van der Waals surface area contributed by atoms with Crippen LogP contribution in [0.15, 0.2) is 25.3 Å². The van der Waals surface area contributed by atoms with Gasteiger partial charge in [0, 0.05) is 0 Å². The van der Waals surface area contributed by atoms with Gasteiger partial charge in [-0.2, -0.15) is 0 Å². The van der Waals surface area contributed by atoms with Crippen molar-refractivity contribution in [2.75, 3.05) is 0 Å². The van der Waals surface area contributed by atoms with Gasteiger partial charge in [-0.25, -0.2) is 0 Å². The zero-order valence-corrected chi connectivity index (χ0v) is 6.89. The molecule has 0 heterocycles. The molecule has 0 bridgehead atoms. The number of carbonyl (C=O) groups is 2. The van der Waals surface area contributed by atoms with E-state index in [1.807, 2.05) is 0 Å². The molecule has 2 nitrogen and oxygen atoms in total. The molecule has 0 aromatic heterocycles. The Morgan fingerprint density at radius 1 is 1.09 bits per heavy atom. The van der Waals surface area contributed by atoms with Crippen LogP contribution in [-0.4, -0.2) is 11.6 Å². The van der Waals surface area contributed by atoms with Gasteiger partial charge in [0.2, 0.25) is 0 Å². The monoisotopic (exact) mass is 152 g/mol. The van der Waals surface area contributed by atoms with Crippen LogP contribution in [0.25, 0.3) is 0 Å². The number of rotatable bonds is 4. The molecular weight excluding hydrogens is 140 g/mol. The van der Waals surface area contributed by atoms with E-state index in [9.17, 15) is 9.59 Å². The zero-order valence-electron chi connectivity index (χ0n) is 6.89. The van der Waals surface area contributed by atoms with Gasteiger partial charge in [0.05, 0.1) is 5.41 Å². The fourth-order valence-electron chi connectivity index (χ4n) is 0.632. The molecule has 11 heavy (non-hydrogen) atoms. The minimum absolute atomic E-state index is 0.276. The summed E-state index contributed by atoms with van der Waals surface area (Å²) < 4.78 is 0. The lowest BCUT2D eigenvalue weighted by molar-refractivity contribution is -0.132. The summed E-state index contributed by atoms with van der Waals surface area (Å²) in [6.45, 7) is 9.73. The molecule has 0 aliphatic rings. The summed E-state index contributed by atoms with van der Waals surface area (Å²) in [5, 5.41) is 0. The summed E-state index contributed by atoms with van der Waals surface area (Å²) in [5.74, 6) is -0.551. The molecule has 0 fully saturated rings. The summed E-state index contributed by atoms with van der Waals surface area (Å²) in [6, 6.07) is 0. The summed E-state index contributed by atoms with van der Waals surface area (Å²) in [6.07, 6.45) is 2.31. The molecule has 0 unspecified atom stereocenters. The van der Waals surface area contributed by atoms with Crippen LogP contribution < -0.4 is 0 Å². The van der Waals surface area contributed by atoms with Gasteiger partial charge in [-0.3, -0.25) is 9.59 Å². The Hall–Kier alpha value is -1.18. The minimum Gasteiger partial charge on any atom is -0.294 e. The molecule has 0 rings (SSSR count). The SMILES string of the molecule is C=CC(=O)C(C)(C)C(=O)C=C. The first-order valence-corrected chi connectivity index (χ1v) is 3.30. The molecule has 0 aromatic rings. The molecule has 0 aromatic carbocycles. The highest BCUT2D eigenvalue weighted by molar-refractivity contribution is 6.14. The van der Waals surface area contributed by atoms with E-state index in [4.69, 9.17) is 0 Å². The molecule has 0 amide bonds. The van der Waals surface area contributed by atoms with E-state index < -0.39 is 5.41 Å². The molecule has 0 spiro atoms. The molecule has 60 valence electrons. The molecule has 0 radical (unpaired) electrons. The number of carbonyl (C=O) groups excluding carboxylic acids is 2. The van der Waals surface area contributed by atoms with Crippen molar-refractivity contribution >= 4 is 11.6 Å². The summed E-state index contributed by atoms with van der Waals surface area (Å²) in [7, 11) is 0. The number of allylic oxidation sites excluding steroid dienone is 2. The van der Waals surface area contributed by atoms with Crippen molar-refractivity contribution in [3.8, 4) is 0 Å². The van der Waals surface area contributed by atoms with Crippen LogP contribution in [0.3, 0.4) is 0 Å². The van der Waals surface area contributed by atoms with Gasteiger partial charge in [-0.05, 0) is 26.0 Å². The molecule has 0 N–H and O–H groups in total. The van der Waals surface area contributed by atoms with Crippen molar-refractivity contribution in [1.29, 1.82) is 0 Å². The third-order valence-electron chi connectivity index (χ3n) is 1.60. The summed E-state index contributed by atoms with van der Waals surface area (Å²) in [5.41, 5.74) is -0.997. The average molecular weight is 152 g/mol. The Bertz CT molecular complexity index is 190. The first kappa shape index (κ1) is 9.82. The fraction of sp³-hybridized carbons (Fsp3) is 0.333. The van der Waals surface area contributed by atoms with Gasteiger partial charge >= 0.3 is 0 Å². The zero-order chi connectivity index (χ0) is 9.07. The lowest BCUT2D eigenvalue weighted by Crippen LogP contribution is -2.30. The maximum Gasteiger partial charge on any atom is 0.168 e. The van der Waals surface area contributed by atoms with Crippen molar-refractivity contribution in [3.63, 3.8) is 0 Å². The molecular formula is C9H12O2. The molecule has 2 heteroatoms. The Morgan fingerprint density at radius 2 is 1.36 bits per heavy atom. The van der Waals surface area contributed by atoms with Crippen LogP contribution in [0.2, 0.25) is 0 Å². The highest BCUT2D eigenvalue weighted by Crippen LogP contribution is 2.18. The van der Waals surface area contributed by atoms with Gasteiger partial charge in [-0.1, -0.05) is 13.2 Å². The van der Waals surface area contributed by atoms with Gasteiger partial charge in [0.1, 0.15) is 0 Å². The van der Waals surface area contributed by atoms with Crippen LogP contribution >= 0.6 is 0 Å². The van der Waals surface area contributed by atoms with Crippen molar-refractivity contribution in [1.82, 2.24) is 0 Å². The van der Waals surface area contributed by atoms with Gasteiger partial charge < -0.3 is 0 Å². The standard InChI is InChI=1S/C9H12O2/c1-5-7(10)9(3,4)8(11)6-2/h5-6H,1-2H2,3-4H3. The number of ketones is 2. The average Bonchev–Trinajstić information content (AvgIpc) is 2.01. The highest BCUT2D eigenvalue weighted by atomic mass is 16.2. The van der Waals surface area contributed by atoms with Crippen LogP contribution in [0.5, 0.6) is 0 Å². The van der Waals surface area contributed by atoms with Gasteiger partial charge in [-0.15, -0.1) is 0 Å². The first-order valence-electron chi connectivity index (χ1n) is 3.30. The van der Waals surface area contributed by atoms with E-state index >= 15 is 0 Å². The summed E-state index contributed by atoms with van der Waals surface area (Å²) >= 11 is 0. The van der Waals surface area contributed by atoms with E-state index in [1.165, 1.54) is 0 Å². The molecule has 0 saturated carbocycles. The Morgan fingerprint density at radius 3 is 1.55 bits per heavy atom. The molecule has 0 saturated heterocycles. The molecule has 0 aliphatic heterocycles. The van der Waals surface area contributed by atoms with Crippen molar-refractivity contribution in [2.45, 2.75) is 13.8 Å². The lowest BCUT2D eigenvalue weighted by Gasteiger charge is -2.16. The second kappa shape index (κ2) is 3.28. The van der Waals surface area contributed by atoms with E-state index in [-0.39, 0.29) is 11.6 Å². The van der Waals surface area contributed by atoms with Crippen LogP contribution in [0.1, 0.15) is 13.8 Å². The van der Waals surface area contributed by atoms with E-state index in [1.54, 1.807) is 13.8 Å². The molecule has 0 aliphatic carbocycles. The maximum atomic E-state index is 11.0. The summed E-state index contributed by atoms with van der Waals surface area (Å²) in [4.78, 5) is 22.1. The third-order valence-corrected chi connectivity index (χ3v) is 1.60. The third kappa shape index (κ3) is 1.87. The van der Waals surface area contributed by atoms with Crippen LogP contribution in [0.4, 0.5) is 0 Å². The fourth-order valence-corrected chi connectivity index (χ4v) is 0.632. The number of hydrogen-bond donors (Lipinski definition) is 0. The quantitative estimate of drug-likeness (QED) is 0.452. The second-order valence-corrected chi connectivity index (χ2v) is 2.76. The van der Waals surface area contributed by atoms with Crippen molar-refractivity contribution in [2.24, 2.45) is 5.41 Å².